The highest BCUT2D eigenvalue weighted by Crippen LogP contribution is 2.61. The third kappa shape index (κ3) is 0.763. The molecule has 1 fully saturated rings. The summed E-state index contributed by atoms with van der Waals surface area (Å²) in [6, 6.07) is 0. The Kier molecular flexibility index (Phi) is 1.24. The van der Waals surface area contributed by atoms with Gasteiger partial charge in [0.2, 0.25) is 0 Å². The molecule has 1 aliphatic heterocycles. The molecule has 64 valence electrons. The number of hydrogen-bond donors (Lipinski definition) is 0. The first kappa shape index (κ1) is 7.53. The van der Waals surface area contributed by atoms with Crippen molar-refractivity contribution in [2.45, 2.75) is 13.8 Å². The average Bonchev–Trinajstić information content (AvgIpc) is 2.55. The van der Waals surface area contributed by atoms with E-state index in [2.05, 4.69) is 0 Å². The lowest BCUT2D eigenvalue weighted by Crippen LogP contribution is -2.13. The molecular weight excluding hydrogens is 156 g/mol. The van der Waals surface area contributed by atoms with Crippen LogP contribution >= 0.6 is 0 Å². The molecule has 3 nitrogen and oxygen atoms in total. The van der Waals surface area contributed by atoms with Crippen LogP contribution in [0.1, 0.15) is 13.8 Å². The highest BCUT2D eigenvalue weighted by Gasteiger charge is 2.63. The Morgan fingerprint density at radius 1 is 1.58 bits per heavy atom. The SMILES string of the molecule is CC1(C)[C@@H]2C(=O)OC(C=O)=C[C@@H]21. The van der Waals surface area contributed by atoms with Gasteiger partial charge in [-0.05, 0) is 11.5 Å². The van der Waals surface area contributed by atoms with Gasteiger partial charge in [-0.3, -0.25) is 9.59 Å². The van der Waals surface area contributed by atoms with Crippen molar-refractivity contribution in [3.63, 3.8) is 0 Å². The molecule has 1 aliphatic carbocycles. The smallest absolute Gasteiger partial charge is 0.315 e. The van der Waals surface area contributed by atoms with E-state index in [0.29, 0.717) is 6.29 Å². The van der Waals surface area contributed by atoms with Crippen LogP contribution < -0.4 is 0 Å². The summed E-state index contributed by atoms with van der Waals surface area (Å²) in [5.74, 6) is 0.0987. The van der Waals surface area contributed by atoms with Crippen LogP contribution in [0.25, 0.3) is 0 Å². The van der Waals surface area contributed by atoms with E-state index in [1.165, 1.54) is 0 Å². The lowest BCUT2D eigenvalue weighted by Gasteiger charge is -2.05. The van der Waals surface area contributed by atoms with Crippen LogP contribution in [0.3, 0.4) is 0 Å². The van der Waals surface area contributed by atoms with Crippen molar-refractivity contribution in [2.24, 2.45) is 17.3 Å². The van der Waals surface area contributed by atoms with E-state index in [-0.39, 0.29) is 29.0 Å². The Labute approximate surface area is 70.4 Å². The standard InChI is InChI=1S/C9H10O3/c1-9(2)6-3-5(4-10)12-8(11)7(6)9/h3-4,6-7H,1-2H3/t6-,7-/m0/s1. The number of cyclic esters (lactones) is 1. The molecule has 0 aromatic rings. The van der Waals surface area contributed by atoms with E-state index in [1.54, 1.807) is 6.08 Å². The number of ether oxygens (including phenoxy) is 1. The molecule has 0 spiro atoms. The third-order valence-electron chi connectivity index (χ3n) is 2.84. The summed E-state index contributed by atoms with van der Waals surface area (Å²) >= 11 is 0. The number of hydrogen-bond acceptors (Lipinski definition) is 3. The molecule has 0 amide bonds. The van der Waals surface area contributed by atoms with Gasteiger partial charge in [-0.15, -0.1) is 0 Å². The number of allylic oxidation sites excluding steroid dienone is 2. The van der Waals surface area contributed by atoms with Crippen LogP contribution in [-0.4, -0.2) is 12.3 Å². The fourth-order valence-corrected chi connectivity index (χ4v) is 1.89. The maximum Gasteiger partial charge on any atom is 0.315 e. The van der Waals surface area contributed by atoms with Crippen molar-refractivity contribution in [2.75, 3.05) is 0 Å². The fraction of sp³-hybridized carbons (Fsp3) is 0.556. The first-order valence-electron chi connectivity index (χ1n) is 3.96. The van der Waals surface area contributed by atoms with Gasteiger partial charge in [0, 0.05) is 5.92 Å². The van der Waals surface area contributed by atoms with Crippen LogP contribution in [0.2, 0.25) is 0 Å². The van der Waals surface area contributed by atoms with Crippen molar-refractivity contribution >= 4 is 12.3 Å². The van der Waals surface area contributed by atoms with E-state index < -0.39 is 0 Å². The number of aldehydes is 1. The van der Waals surface area contributed by atoms with Gasteiger partial charge in [0.25, 0.3) is 0 Å². The minimum absolute atomic E-state index is 0.0121. The second-order valence-corrected chi connectivity index (χ2v) is 3.93. The second-order valence-electron chi connectivity index (χ2n) is 3.93. The molecule has 0 aromatic heterocycles. The maximum atomic E-state index is 11.2. The van der Waals surface area contributed by atoms with Crippen LogP contribution in [0.5, 0.6) is 0 Å². The molecule has 0 aromatic carbocycles. The zero-order valence-electron chi connectivity index (χ0n) is 7.03. The predicted molar refractivity (Wildman–Crippen MR) is 41.0 cm³/mol. The molecule has 0 bridgehead atoms. The third-order valence-corrected chi connectivity index (χ3v) is 2.84. The van der Waals surface area contributed by atoms with E-state index in [0.717, 1.165) is 0 Å². The molecule has 2 atom stereocenters. The topological polar surface area (TPSA) is 43.4 Å². The van der Waals surface area contributed by atoms with Gasteiger partial charge in [-0.1, -0.05) is 13.8 Å². The van der Waals surface area contributed by atoms with Gasteiger partial charge in [0.15, 0.2) is 12.0 Å². The number of fused-ring (bicyclic) bond motifs is 1. The summed E-state index contributed by atoms with van der Waals surface area (Å²) in [5, 5.41) is 0. The summed E-state index contributed by atoms with van der Waals surface area (Å²) in [5.41, 5.74) is -0.0121. The number of esters is 1. The van der Waals surface area contributed by atoms with Crippen LogP contribution in [-0.2, 0) is 14.3 Å². The van der Waals surface area contributed by atoms with Gasteiger partial charge in [-0.2, -0.15) is 0 Å². The molecule has 0 unspecified atom stereocenters. The summed E-state index contributed by atoms with van der Waals surface area (Å²) in [7, 11) is 0. The van der Waals surface area contributed by atoms with Gasteiger partial charge in [0.05, 0.1) is 5.92 Å². The zero-order chi connectivity index (χ0) is 8.93. The molecule has 2 rings (SSSR count). The molecular formula is C9H10O3. The lowest BCUT2D eigenvalue weighted by atomic mass is 10.1. The van der Waals surface area contributed by atoms with Crippen molar-refractivity contribution in [1.82, 2.24) is 0 Å². The minimum Gasteiger partial charge on any atom is -0.423 e. The Balaban J connectivity index is 2.31. The normalized spacial score (nSPS) is 36.2. The summed E-state index contributed by atoms with van der Waals surface area (Å²) in [6.07, 6.45) is 2.33. The first-order chi connectivity index (χ1) is 5.57. The van der Waals surface area contributed by atoms with E-state index in [1.807, 2.05) is 13.8 Å². The molecule has 0 radical (unpaired) electrons. The van der Waals surface area contributed by atoms with Crippen LogP contribution in [0.4, 0.5) is 0 Å². The zero-order valence-corrected chi connectivity index (χ0v) is 7.03. The predicted octanol–water partition coefficient (Wildman–Crippen LogP) is 0.898. The Morgan fingerprint density at radius 3 is 2.75 bits per heavy atom. The van der Waals surface area contributed by atoms with Crippen molar-refractivity contribution < 1.29 is 14.3 Å². The Morgan fingerprint density at radius 2 is 2.25 bits per heavy atom. The summed E-state index contributed by atoms with van der Waals surface area (Å²) in [6.45, 7) is 4.02. The number of carbonyl (C=O) groups is 2. The van der Waals surface area contributed by atoms with Crippen LogP contribution in [0.15, 0.2) is 11.8 Å². The van der Waals surface area contributed by atoms with Gasteiger partial charge < -0.3 is 4.74 Å². The van der Waals surface area contributed by atoms with Gasteiger partial charge >= 0.3 is 5.97 Å². The molecule has 12 heavy (non-hydrogen) atoms. The highest BCUT2D eigenvalue weighted by molar-refractivity contribution is 5.86. The van der Waals surface area contributed by atoms with Gasteiger partial charge in [-0.25, -0.2) is 0 Å². The summed E-state index contributed by atoms with van der Waals surface area (Å²) in [4.78, 5) is 21.5. The summed E-state index contributed by atoms with van der Waals surface area (Å²) < 4.78 is 4.78. The van der Waals surface area contributed by atoms with E-state index in [4.69, 9.17) is 4.74 Å². The van der Waals surface area contributed by atoms with Crippen molar-refractivity contribution in [3.8, 4) is 0 Å². The average molecular weight is 166 g/mol. The van der Waals surface area contributed by atoms with Gasteiger partial charge in [0.1, 0.15) is 0 Å². The number of rotatable bonds is 1. The molecule has 1 saturated carbocycles. The molecule has 1 heterocycles. The molecule has 0 N–H and O–H groups in total. The fourth-order valence-electron chi connectivity index (χ4n) is 1.89. The highest BCUT2D eigenvalue weighted by atomic mass is 16.5. The minimum atomic E-state index is -0.255. The Hall–Kier alpha value is -1.12. The van der Waals surface area contributed by atoms with Crippen molar-refractivity contribution in [3.05, 3.63) is 11.8 Å². The second kappa shape index (κ2) is 1.97. The Bertz CT molecular complexity index is 288. The largest absolute Gasteiger partial charge is 0.423 e. The van der Waals surface area contributed by atoms with Crippen molar-refractivity contribution in [1.29, 1.82) is 0 Å². The monoisotopic (exact) mass is 166 g/mol. The molecule has 0 saturated heterocycles. The maximum absolute atomic E-state index is 11.2. The quantitative estimate of drug-likeness (QED) is 0.429. The van der Waals surface area contributed by atoms with Crippen LogP contribution in [0, 0.1) is 17.3 Å². The first-order valence-corrected chi connectivity index (χ1v) is 3.96. The lowest BCUT2D eigenvalue weighted by molar-refractivity contribution is -0.144. The molecule has 2 aliphatic rings. The van der Waals surface area contributed by atoms with E-state index >= 15 is 0 Å². The molecule has 3 heteroatoms. The van der Waals surface area contributed by atoms with E-state index in [9.17, 15) is 9.59 Å². The number of carbonyl (C=O) groups excluding carboxylic acids is 2.